The number of hydrogen-bond donors (Lipinski definition) is 1. The van der Waals surface area contributed by atoms with E-state index in [1.165, 1.54) is 11.8 Å². The van der Waals surface area contributed by atoms with Gasteiger partial charge in [-0.25, -0.2) is 13.1 Å². The average Bonchev–Trinajstić information content (AvgIpc) is 2.24. The van der Waals surface area contributed by atoms with Gasteiger partial charge in [-0.3, -0.25) is 4.79 Å². The summed E-state index contributed by atoms with van der Waals surface area (Å²) in [7, 11) is -3.26. The summed E-state index contributed by atoms with van der Waals surface area (Å²) in [5, 5.41) is 0.451. The van der Waals surface area contributed by atoms with E-state index >= 15 is 0 Å². The van der Waals surface area contributed by atoms with Crippen molar-refractivity contribution in [2.24, 2.45) is 0 Å². The van der Waals surface area contributed by atoms with E-state index in [4.69, 9.17) is 11.6 Å². The Morgan fingerprint density at radius 2 is 2.00 bits per heavy atom. The molecule has 0 heterocycles. The first-order valence-electron chi connectivity index (χ1n) is 5.28. The van der Waals surface area contributed by atoms with Gasteiger partial charge in [0.1, 0.15) is 0 Å². The van der Waals surface area contributed by atoms with Gasteiger partial charge in [0.25, 0.3) is 0 Å². The second kappa shape index (κ2) is 6.17. The van der Waals surface area contributed by atoms with Crippen LogP contribution in [0.15, 0.2) is 24.3 Å². The largest absolute Gasteiger partial charge is 0.310 e. The zero-order valence-electron chi connectivity index (χ0n) is 10.2. The molecule has 1 N–H and O–H groups in total. The second-order valence-corrected chi connectivity index (χ2v) is 6.03. The third-order valence-corrected chi connectivity index (χ3v) is 3.27. The third-order valence-electron chi connectivity index (χ3n) is 2.22. The molecular formula is C11H15ClN2O3S. The summed E-state index contributed by atoms with van der Waals surface area (Å²) in [5.41, 5.74) is 0.571. The molecule has 0 aliphatic heterocycles. The number of benzene rings is 1. The molecule has 0 spiro atoms. The van der Waals surface area contributed by atoms with Crippen molar-refractivity contribution in [1.82, 2.24) is 4.72 Å². The summed E-state index contributed by atoms with van der Waals surface area (Å²) in [6.45, 7) is 1.78. The lowest BCUT2D eigenvalue weighted by Gasteiger charge is -2.22. The molecule has 0 saturated carbocycles. The van der Waals surface area contributed by atoms with Gasteiger partial charge in [-0.2, -0.15) is 0 Å². The highest BCUT2D eigenvalue weighted by Gasteiger charge is 2.14. The Bertz CT molecular complexity index is 531. The number of nitrogens with zero attached hydrogens (tertiary/aromatic N) is 1. The molecule has 0 radical (unpaired) electrons. The summed E-state index contributed by atoms with van der Waals surface area (Å²) in [5.74, 6) is -0.196. The molecule has 0 bridgehead atoms. The summed E-state index contributed by atoms with van der Waals surface area (Å²) in [6, 6.07) is 6.92. The minimum atomic E-state index is -3.26. The molecule has 7 heteroatoms. The lowest BCUT2D eigenvalue weighted by Crippen LogP contribution is -2.37. The van der Waals surface area contributed by atoms with Crippen molar-refractivity contribution in [3.05, 3.63) is 29.3 Å². The molecule has 0 atom stereocenters. The zero-order valence-corrected chi connectivity index (χ0v) is 11.8. The Kier molecular flexibility index (Phi) is 5.13. The highest BCUT2D eigenvalue weighted by atomic mass is 35.5. The van der Waals surface area contributed by atoms with Crippen LogP contribution in [0.3, 0.4) is 0 Å². The number of sulfonamides is 1. The van der Waals surface area contributed by atoms with Gasteiger partial charge in [0, 0.05) is 20.0 Å². The van der Waals surface area contributed by atoms with Crippen LogP contribution in [0.2, 0.25) is 5.02 Å². The number of halogens is 1. The molecule has 0 saturated heterocycles. The first-order valence-corrected chi connectivity index (χ1v) is 7.55. The maximum absolute atomic E-state index is 11.5. The fourth-order valence-corrected chi connectivity index (χ4v) is 2.16. The smallest absolute Gasteiger partial charge is 0.223 e. The standard InChI is InChI=1S/C11H15ClN2O3S/c1-9(15)14(8-7-13-18(2,16)17)11-6-4-3-5-10(11)12/h3-6,13H,7-8H2,1-2H3. The van der Waals surface area contributed by atoms with Crippen molar-refractivity contribution in [2.45, 2.75) is 6.92 Å². The van der Waals surface area contributed by atoms with Gasteiger partial charge in [0.15, 0.2) is 0 Å². The van der Waals surface area contributed by atoms with Crippen molar-refractivity contribution in [2.75, 3.05) is 24.2 Å². The van der Waals surface area contributed by atoms with E-state index < -0.39 is 10.0 Å². The first-order chi connectivity index (χ1) is 8.31. The van der Waals surface area contributed by atoms with Crippen LogP contribution < -0.4 is 9.62 Å². The lowest BCUT2D eigenvalue weighted by molar-refractivity contribution is -0.116. The van der Waals surface area contributed by atoms with Crippen molar-refractivity contribution in [3.8, 4) is 0 Å². The van der Waals surface area contributed by atoms with Crippen molar-refractivity contribution in [1.29, 1.82) is 0 Å². The van der Waals surface area contributed by atoms with E-state index in [-0.39, 0.29) is 19.0 Å². The van der Waals surface area contributed by atoms with Crippen LogP contribution >= 0.6 is 11.6 Å². The summed E-state index contributed by atoms with van der Waals surface area (Å²) >= 11 is 6.00. The van der Waals surface area contributed by atoms with Crippen LogP contribution in [0, 0.1) is 0 Å². The summed E-state index contributed by atoms with van der Waals surface area (Å²) in [6.07, 6.45) is 1.07. The van der Waals surface area contributed by atoms with Crippen LogP contribution in [0.25, 0.3) is 0 Å². The Balaban J connectivity index is 2.79. The molecular weight excluding hydrogens is 276 g/mol. The van der Waals surface area contributed by atoms with Crippen LogP contribution in [0.4, 0.5) is 5.69 Å². The number of carbonyl (C=O) groups is 1. The molecule has 0 aliphatic rings. The van der Waals surface area contributed by atoms with E-state index in [1.807, 2.05) is 0 Å². The Labute approximate surface area is 112 Å². The topological polar surface area (TPSA) is 66.5 Å². The highest BCUT2D eigenvalue weighted by Crippen LogP contribution is 2.24. The molecule has 1 aromatic rings. The van der Waals surface area contributed by atoms with E-state index in [1.54, 1.807) is 24.3 Å². The minimum absolute atomic E-state index is 0.142. The minimum Gasteiger partial charge on any atom is -0.310 e. The van der Waals surface area contributed by atoms with Gasteiger partial charge < -0.3 is 4.90 Å². The van der Waals surface area contributed by atoms with Gasteiger partial charge in [-0.15, -0.1) is 0 Å². The van der Waals surface area contributed by atoms with E-state index in [9.17, 15) is 13.2 Å². The monoisotopic (exact) mass is 290 g/mol. The van der Waals surface area contributed by atoms with Crippen LogP contribution in [0.1, 0.15) is 6.92 Å². The Hall–Kier alpha value is -1.11. The predicted molar refractivity (Wildman–Crippen MR) is 72.3 cm³/mol. The van der Waals surface area contributed by atoms with E-state index in [0.717, 1.165) is 6.26 Å². The van der Waals surface area contributed by atoms with Gasteiger partial charge in [0.05, 0.1) is 17.0 Å². The molecule has 0 aromatic heterocycles. The molecule has 0 aliphatic carbocycles. The lowest BCUT2D eigenvalue weighted by atomic mass is 10.3. The predicted octanol–water partition coefficient (Wildman–Crippen LogP) is 1.24. The van der Waals surface area contributed by atoms with Crippen LogP contribution in [-0.4, -0.2) is 33.7 Å². The van der Waals surface area contributed by atoms with Crippen molar-refractivity contribution in [3.63, 3.8) is 0 Å². The fraction of sp³-hybridized carbons (Fsp3) is 0.364. The molecule has 100 valence electrons. The molecule has 1 aromatic carbocycles. The number of anilines is 1. The zero-order chi connectivity index (χ0) is 13.8. The van der Waals surface area contributed by atoms with Crippen LogP contribution in [0.5, 0.6) is 0 Å². The molecule has 0 fully saturated rings. The molecule has 18 heavy (non-hydrogen) atoms. The second-order valence-electron chi connectivity index (χ2n) is 3.79. The number of hydrogen-bond acceptors (Lipinski definition) is 3. The number of nitrogens with one attached hydrogen (secondary N) is 1. The van der Waals surface area contributed by atoms with Crippen molar-refractivity contribution < 1.29 is 13.2 Å². The normalized spacial score (nSPS) is 11.3. The molecule has 0 unspecified atom stereocenters. The average molecular weight is 291 g/mol. The summed E-state index contributed by atoms with van der Waals surface area (Å²) < 4.78 is 24.2. The van der Waals surface area contributed by atoms with Crippen LogP contribution in [-0.2, 0) is 14.8 Å². The number of carbonyl (C=O) groups excluding carboxylic acids is 1. The molecule has 1 rings (SSSR count). The SMILES string of the molecule is CC(=O)N(CCNS(C)(=O)=O)c1ccccc1Cl. The Morgan fingerprint density at radius 3 is 2.50 bits per heavy atom. The molecule has 5 nitrogen and oxygen atoms in total. The maximum atomic E-state index is 11.5. The van der Waals surface area contributed by atoms with Gasteiger partial charge in [-0.05, 0) is 12.1 Å². The van der Waals surface area contributed by atoms with Gasteiger partial charge >= 0.3 is 0 Å². The van der Waals surface area contributed by atoms with Gasteiger partial charge in [0.2, 0.25) is 15.9 Å². The number of amides is 1. The maximum Gasteiger partial charge on any atom is 0.223 e. The third kappa shape index (κ3) is 4.64. The fourth-order valence-electron chi connectivity index (χ4n) is 1.46. The molecule has 1 amide bonds. The van der Waals surface area contributed by atoms with E-state index in [0.29, 0.717) is 10.7 Å². The quantitative estimate of drug-likeness (QED) is 0.887. The number of para-hydroxylation sites is 1. The van der Waals surface area contributed by atoms with Gasteiger partial charge in [-0.1, -0.05) is 23.7 Å². The highest BCUT2D eigenvalue weighted by molar-refractivity contribution is 7.88. The number of rotatable bonds is 5. The van der Waals surface area contributed by atoms with E-state index in [2.05, 4.69) is 4.72 Å². The Morgan fingerprint density at radius 1 is 1.39 bits per heavy atom. The van der Waals surface area contributed by atoms with Crippen molar-refractivity contribution >= 4 is 33.2 Å². The first kappa shape index (κ1) is 14.9. The summed E-state index contributed by atoms with van der Waals surface area (Å²) in [4.78, 5) is 13.0.